The van der Waals surface area contributed by atoms with Gasteiger partial charge in [-0.1, -0.05) is 17.7 Å². The molecule has 37 heavy (non-hydrogen) atoms. The molecule has 200 valence electrons. The number of benzene rings is 1. The minimum atomic E-state index is -5.08. The van der Waals surface area contributed by atoms with E-state index in [9.17, 15) is 18.0 Å². The number of carboxylic acids is 1. The molecular weight excluding hydrogens is 491 g/mol. The Morgan fingerprint density at radius 1 is 1.14 bits per heavy atom. The Morgan fingerprint density at radius 3 is 2.49 bits per heavy atom. The number of hydrogen-bond donors (Lipinski definition) is 1. The van der Waals surface area contributed by atoms with Crippen molar-refractivity contribution in [2.45, 2.75) is 31.5 Å². The minimum Gasteiger partial charge on any atom is -0.475 e. The molecule has 1 N–H and O–H groups in total. The third-order valence-electron chi connectivity index (χ3n) is 6.92. The van der Waals surface area contributed by atoms with E-state index in [4.69, 9.17) is 19.6 Å². The van der Waals surface area contributed by atoms with Crippen molar-refractivity contribution >= 4 is 17.8 Å². The molecule has 1 unspecified atom stereocenters. The number of carbonyl (C=O) groups is 2. The monoisotopic (exact) mass is 521 g/mol. The molecule has 1 amide bonds. The van der Waals surface area contributed by atoms with Crippen LogP contribution >= 0.6 is 0 Å². The van der Waals surface area contributed by atoms with Crippen LogP contribution in [0.1, 0.15) is 33.6 Å². The van der Waals surface area contributed by atoms with Gasteiger partial charge in [-0.25, -0.2) is 14.8 Å². The fourth-order valence-corrected chi connectivity index (χ4v) is 4.86. The lowest BCUT2D eigenvalue weighted by molar-refractivity contribution is -0.192. The van der Waals surface area contributed by atoms with Gasteiger partial charge in [0.25, 0.3) is 5.91 Å². The highest BCUT2D eigenvalue weighted by Crippen LogP contribution is 2.40. The Bertz CT molecular complexity index is 1150. The number of rotatable bonds is 2. The standard InChI is InChI=1S/C23H29N5O2.C2HF3O2/c1-17-4-3-5-18(12-17)21(29)28-7-6-23(15-28)16-30-14-19-13-24-22(25-20(19)23)27-10-8-26(2)9-11-27;3-2(4,5)1(6)7/h3-5,12-13H,6-11,14-16H2,1-2H3;(H,6,7). The van der Waals surface area contributed by atoms with Gasteiger partial charge < -0.3 is 24.5 Å². The van der Waals surface area contributed by atoms with E-state index in [2.05, 4.69) is 21.8 Å². The number of aromatic nitrogens is 2. The molecule has 2 fully saturated rings. The van der Waals surface area contributed by atoms with Crippen molar-refractivity contribution in [1.29, 1.82) is 0 Å². The van der Waals surface area contributed by atoms with E-state index in [-0.39, 0.29) is 11.3 Å². The average molecular weight is 522 g/mol. The van der Waals surface area contributed by atoms with Gasteiger partial charge in [0.2, 0.25) is 5.95 Å². The number of anilines is 1. The number of likely N-dealkylation sites (N-methyl/N-ethyl adjacent to an activating group) is 1. The Balaban J connectivity index is 0.000000405. The van der Waals surface area contributed by atoms with E-state index < -0.39 is 12.1 Å². The van der Waals surface area contributed by atoms with Crippen molar-refractivity contribution in [2.24, 2.45) is 0 Å². The number of carboxylic acid groups (broad SMARTS) is 1. The van der Waals surface area contributed by atoms with Crippen LogP contribution in [0.4, 0.5) is 19.1 Å². The second-order valence-electron chi connectivity index (χ2n) is 9.76. The SMILES string of the molecule is Cc1cccc(C(=O)N2CCC3(COCc4cnc(N5CCN(C)CC5)nc43)C2)c1.O=C(O)C(F)(F)F. The first-order valence-corrected chi connectivity index (χ1v) is 12.0. The van der Waals surface area contributed by atoms with Gasteiger partial charge in [0.1, 0.15) is 0 Å². The number of carbonyl (C=O) groups excluding carboxylic acids is 1. The largest absolute Gasteiger partial charge is 0.490 e. The number of piperazine rings is 1. The van der Waals surface area contributed by atoms with Crippen molar-refractivity contribution < 1.29 is 32.6 Å². The molecule has 0 aliphatic carbocycles. The number of alkyl halides is 3. The quantitative estimate of drug-likeness (QED) is 0.644. The first-order valence-electron chi connectivity index (χ1n) is 12.0. The van der Waals surface area contributed by atoms with Gasteiger partial charge in [-0.05, 0) is 32.5 Å². The van der Waals surface area contributed by atoms with Gasteiger partial charge in [-0.15, -0.1) is 0 Å². The summed E-state index contributed by atoms with van der Waals surface area (Å²) in [5, 5.41) is 7.12. The first kappa shape index (κ1) is 26.8. The molecular formula is C25H30F3N5O4. The molecule has 4 heterocycles. The van der Waals surface area contributed by atoms with Crippen molar-refractivity contribution in [3.8, 4) is 0 Å². The minimum absolute atomic E-state index is 0.0936. The smallest absolute Gasteiger partial charge is 0.475 e. The fraction of sp³-hybridized carbons (Fsp3) is 0.520. The lowest BCUT2D eigenvalue weighted by Crippen LogP contribution is -2.46. The summed E-state index contributed by atoms with van der Waals surface area (Å²) in [7, 11) is 2.15. The molecule has 3 aliphatic heterocycles. The molecule has 5 rings (SSSR count). The lowest BCUT2D eigenvalue weighted by Gasteiger charge is -2.36. The number of halogens is 3. The van der Waals surface area contributed by atoms with Gasteiger partial charge in [-0.3, -0.25) is 4.79 Å². The predicted molar refractivity (Wildman–Crippen MR) is 128 cm³/mol. The highest BCUT2D eigenvalue weighted by Gasteiger charge is 2.46. The molecule has 9 nitrogen and oxygen atoms in total. The number of amides is 1. The van der Waals surface area contributed by atoms with E-state index in [1.165, 1.54) is 0 Å². The maximum atomic E-state index is 13.1. The van der Waals surface area contributed by atoms with E-state index >= 15 is 0 Å². The second kappa shape index (κ2) is 10.6. The molecule has 1 spiro atoms. The molecule has 12 heteroatoms. The Morgan fingerprint density at radius 2 is 1.84 bits per heavy atom. The summed E-state index contributed by atoms with van der Waals surface area (Å²) in [6, 6.07) is 7.83. The lowest BCUT2D eigenvalue weighted by atomic mass is 9.80. The molecule has 0 bridgehead atoms. The van der Waals surface area contributed by atoms with Crippen LogP contribution in [0.15, 0.2) is 30.5 Å². The number of likely N-dealkylation sites (tertiary alicyclic amines) is 1. The summed E-state index contributed by atoms with van der Waals surface area (Å²) >= 11 is 0. The molecule has 2 aromatic rings. The van der Waals surface area contributed by atoms with Crippen LogP contribution in [0, 0.1) is 6.92 Å². The maximum Gasteiger partial charge on any atom is 0.490 e. The van der Waals surface area contributed by atoms with Crippen LogP contribution < -0.4 is 4.90 Å². The normalized spacial score (nSPS) is 21.9. The zero-order chi connectivity index (χ0) is 26.8. The van der Waals surface area contributed by atoms with Gasteiger partial charge in [0.15, 0.2) is 0 Å². The van der Waals surface area contributed by atoms with Crippen LogP contribution in [0.2, 0.25) is 0 Å². The summed E-state index contributed by atoms with van der Waals surface area (Å²) in [6.07, 6.45) is -2.28. The molecule has 2 saturated heterocycles. The molecule has 1 atom stereocenters. The maximum absolute atomic E-state index is 13.1. The Kier molecular flexibility index (Phi) is 7.69. The van der Waals surface area contributed by atoms with Crippen molar-refractivity contribution in [2.75, 3.05) is 57.8 Å². The predicted octanol–water partition coefficient (Wildman–Crippen LogP) is 2.48. The van der Waals surface area contributed by atoms with Crippen LogP contribution in [-0.2, 0) is 21.6 Å². The molecule has 1 aromatic carbocycles. The van der Waals surface area contributed by atoms with E-state index in [1.807, 2.05) is 42.3 Å². The van der Waals surface area contributed by atoms with Crippen LogP contribution in [-0.4, -0.2) is 95.9 Å². The fourth-order valence-electron chi connectivity index (χ4n) is 4.86. The zero-order valence-electron chi connectivity index (χ0n) is 20.8. The number of nitrogens with zero attached hydrogens (tertiary/aromatic N) is 5. The average Bonchev–Trinajstić information content (AvgIpc) is 3.28. The summed E-state index contributed by atoms with van der Waals surface area (Å²) < 4.78 is 37.7. The topological polar surface area (TPSA) is 99.1 Å². The van der Waals surface area contributed by atoms with Gasteiger partial charge >= 0.3 is 12.1 Å². The number of fused-ring (bicyclic) bond motifs is 2. The highest BCUT2D eigenvalue weighted by molar-refractivity contribution is 5.94. The Hall–Kier alpha value is -3.25. The Labute approximate surface area is 212 Å². The van der Waals surface area contributed by atoms with Crippen LogP contribution in [0.5, 0.6) is 0 Å². The van der Waals surface area contributed by atoms with Crippen LogP contribution in [0.25, 0.3) is 0 Å². The van der Waals surface area contributed by atoms with Crippen molar-refractivity contribution in [3.05, 3.63) is 52.8 Å². The number of aryl methyl sites for hydroxylation is 1. The van der Waals surface area contributed by atoms with E-state index in [0.717, 1.165) is 67.5 Å². The summed E-state index contributed by atoms with van der Waals surface area (Å²) in [6.45, 7) is 8.47. The van der Waals surface area contributed by atoms with Gasteiger partial charge in [-0.2, -0.15) is 13.2 Å². The third kappa shape index (κ3) is 6.02. The van der Waals surface area contributed by atoms with E-state index in [0.29, 0.717) is 19.8 Å². The summed E-state index contributed by atoms with van der Waals surface area (Å²) in [5.74, 6) is -1.85. The third-order valence-corrected chi connectivity index (χ3v) is 6.92. The van der Waals surface area contributed by atoms with Crippen molar-refractivity contribution in [3.63, 3.8) is 0 Å². The first-order chi connectivity index (χ1) is 17.5. The van der Waals surface area contributed by atoms with Crippen molar-refractivity contribution in [1.82, 2.24) is 19.8 Å². The van der Waals surface area contributed by atoms with E-state index in [1.54, 1.807) is 0 Å². The number of aliphatic carboxylic acids is 1. The summed E-state index contributed by atoms with van der Waals surface area (Å²) in [5.41, 5.74) is 3.76. The summed E-state index contributed by atoms with van der Waals surface area (Å²) in [4.78, 5) is 38.3. The highest BCUT2D eigenvalue weighted by atomic mass is 19.4. The molecule has 0 saturated carbocycles. The van der Waals surface area contributed by atoms with Gasteiger partial charge in [0, 0.05) is 56.6 Å². The van der Waals surface area contributed by atoms with Gasteiger partial charge in [0.05, 0.1) is 24.3 Å². The number of hydrogen-bond acceptors (Lipinski definition) is 7. The number of ether oxygens (including phenoxy) is 1. The molecule has 3 aliphatic rings. The zero-order valence-corrected chi connectivity index (χ0v) is 20.8. The second-order valence-corrected chi connectivity index (χ2v) is 9.76. The molecule has 1 aromatic heterocycles. The molecule has 0 radical (unpaired) electrons. The van der Waals surface area contributed by atoms with Crippen LogP contribution in [0.3, 0.4) is 0 Å².